The van der Waals surface area contributed by atoms with Crippen molar-refractivity contribution < 1.29 is 9.18 Å². The van der Waals surface area contributed by atoms with Gasteiger partial charge in [-0.25, -0.2) is 14.4 Å². The highest BCUT2D eigenvalue weighted by Gasteiger charge is 2.09. The molecule has 0 fully saturated rings. The van der Waals surface area contributed by atoms with E-state index in [2.05, 4.69) is 26.7 Å². The van der Waals surface area contributed by atoms with E-state index in [1.165, 1.54) is 42.2 Å². The minimum Gasteiger partial charge on any atom is -0.339 e. The molecule has 3 aromatic rings. The molecule has 0 atom stereocenters. The van der Waals surface area contributed by atoms with E-state index < -0.39 is 5.91 Å². The monoisotopic (exact) mass is 336 g/mol. The lowest BCUT2D eigenvalue weighted by Crippen LogP contribution is -2.14. The van der Waals surface area contributed by atoms with Gasteiger partial charge in [0.15, 0.2) is 0 Å². The third kappa shape index (κ3) is 4.17. The van der Waals surface area contributed by atoms with Gasteiger partial charge in [-0.1, -0.05) is 17.7 Å². The molecule has 0 aliphatic carbocycles. The van der Waals surface area contributed by atoms with E-state index in [1.807, 2.05) is 26.0 Å². The number of anilines is 3. The molecule has 2 aromatic carbocycles. The molecule has 3 rings (SSSR count). The van der Waals surface area contributed by atoms with Crippen LogP contribution < -0.4 is 10.6 Å². The van der Waals surface area contributed by atoms with Gasteiger partial charge in [-0.3, -0.25) is 4.79 Å². The van der Waals surface area contributed by atoms with Crippen molar-refractivity contribution in [3.8, 4) is 0 Å². The summed E-state index contributed by atoms with van der Waals surface area (Å²) in [6.07, 6.45) is 2.89. The highest BCUT2D eigenvalue weighted by atomic mass is 19.1. The van der Waals surface area contributed by atoms with Gasteiger partial charge in [0.2, 0.25) is 0 Å². The van der Waals surface area contributed by atoms with Gasteiger partial charge in [-0.05, 0) is 49.7 Å². The highest BCUT2D eigenvalue weighted by molar-refractivity contribution is 6.02. The Morgan fingerprint density at radius 1 is 1.00 bits per heavy atom. The van der Waals surface area contributed by atoms with Crippen LogP contribution in [0.25, 0.3) is 0 Å². The number of hydrogen-bond donors (Lipinski definition) is 2. The second kappa shape index (κ2) is 7.09. The number of carbonyl (C=O) groups excluding carboxylic acids is 1. The van der Waals surface area contributed by atoms with Crippen LogP contribution in [0, 0.1) is 19.7 Å². The summed E-state index contributed by atoms with van der Waals surface area (Å²) < 4.78 is 12.9. The topological polar surface area (TPSA) is 66.9 Å². The van der Waals surface area contributed by atoms with Crippen molar-refractivity contribution in [1.82, 2.24) is 9.97 Å². The first-order valence-electron chi connectivity index (χ1n) is 7.74. The molecule has 6 heteroatoms. The molecule has 5 nitrogen and oxygen atoms in total. The van der Waals surface area contributed by atoms with E-state index in [1.54, 1.807) is 0 Å². The van der Waals surface area contributed by atoms with Crippen LogP contribution in [-0.2, 0) is 0 Å². The summed E-state index contributed by atoms with van der Waals surface area (Å²) in [6, 6.07) is 11.6. The Morgan fingerprint density at radius 3 is 2.40 bits per heavy atom. The third-order valence-corrected chi connectivity index (χ3v) is 3.63. The number of nitrogens with zero attached hydrogens (tertiary/aromatic N) is 2. The molecule has 1 heterocycles. The van der Waals surface area contributed by atoms with Gasteiger partial charge in [0, 0.05) is 11.4 Å². The predicted octanol–water partition coefficient (Wildman–Crippen LogP) is 4.23. The maximum Gasteiger partial charge on any atom is 0.275 e. The maximum atomic E-state index is 12.9. The zero-order valence-corrected chi connectivity index (χ0v) is 13.9. The van der Waals surface area contributed by atoms with Gasteiger partial charge in [-0.2, -0.15) is 0 Å². The Labute approximate surface area is 145 Å². The van der Waals surface area contributed by atoms with Crippen molar-refractivity contribution in [3.05, 3.63) is 77.5 Å². The molecule has 1 amide bonds. The molecule has 1 aromatic heterocycles. The zero-order valence-electron chi connectivity index (χ0n) is 13.9. The molecule has 0 radical (unpaired) electrons. The quantitative estimate of drug-likeness (QED) is 0.748. The van der Waals surface area contributed by atoms with Crippen molar-refractivity contribution >= 4 is 23.1 Å². The molecule has 0 aliphatic rings. The van der Waals surface area contributed by atoms with Crippen molar-refractivity contribution in [2.75, 3.05) is 10.6 Å². The lowest BCUT2D eigenvalue weighted by molar-refractivity contribution is 0.102. The molecule has 25 heavy (non-hydrogen) atoms. The molecule has 0 unspecified atom stereocenters. The normalized spacial score (nSPS) is 10.4. The number of benzene rings is 2. The lowest BCUT2D eigenvalue weighted by Gasteiger charge is -2.10. The SMILES string of the molecule is Cc1ccc(Nc2cnc(C(=O)Nc3ccc(F)cc3)cn2)c(C)c1. The number of carbonyl (C=O) groups is 1. The number of aromatic nitrogens is 2. The number of nitrogens with one attached hydrogen (secondary N) is 2. The molecule has 0 saturated heterocycles. The summed E-state index contributed by atoms with van der Waals surface area (Å²) in [5, 5.41) is 5.82. The maximum absolute atomic E-state index is 12.9. The smallest absolute Gasteiger partial charge is 0.275 e. The van der Waals surface area contributed by atoms with E-state index >= 15 is 0 Å². The van der Waals surface area contributed by atoms with E-state index in [0.717, 1.165) is 11.3 Å². The predicted molar refractivity (Wildman–Crippen MR) is 95.6 cm³/mol. The number of hydrogen-bond acceptors (Lipinski definition) is 4. The minimum atomic E-state index is -0.405. The fraction of sp³-hybridized carbons (Fsp3) is 0.105. The Balaban J connectivity index is 1.69. The van der Waals surface area contributed by atoms with Crippen LogP contribution in [0.5, 0.6) is 0 Å². The molecule has 0 aliphatic heterocycles. The number of rotatable bonds is 4. The average molecular weight is 336 g/mol. The summed E-state index contributed by atoms with van der Waals surface area (Å²) in [6.45, 7) is 4.04. The van der Waals surface area contributed by atoms with Crippen LogP contribution >= 0.6 is 0 Å². The first-order valence-corrected chi connectivity index (χ1v) is 7.74. The fourth-order valence-corrected chi connectivity index (χ4v) is 2.33. The molecule has 0 saturated carbocycles. The standard InChI is InChI=1S/C19H17FN4O/c1-12-3-8-16(13(2)9-12)24-18-11-21-17(10-22-18)19(25)23-15-6-4-14(20)5-7-15/h3-11H,1-2H3,(H,22,24)(H,23,25). The van der Waals surface area contributed by atoms with Crippen molar-refractivity contribution in [2.45, 2.75) is 13.8 Å². The third-order valence-electron chi connectivity index (χ3n) is 3.63. The van der Waals surface area contributed by atoms with Gasteiger partial charge in [-0.15, -0.1) is 0 Å². The first-order chi connectivity index (χ1) is 12.0. The van der Waals surface area contributed by atoms with Crippen molar-refractivity contribution in [1.29, 1.82) is 0 Å². The summed E-state index contributed by atoms with van der Waals surface area (Å²) in [4.78, 5) is 20.5. The average Bonchev–Trinajstić information content (AvgIpc) is 2.60. The van der Waals surface area contributed by atoms with Gasteiger partial charge >= 0.3 is 0 Å². The summed E-state index contributed by atoms with van der Waals surface area (Å²) in [5.74, 6) is -0.220. The molecule has 126 valence electrons. The second-order valence-corrected chi connectivity index (χ2v) is 5.69. The van der Waals surface area contributed by atoms with Gasteiger partial charge in [0.05, 0.1) is 12.4 Å². The van der Waals surface area contributed by atoms with E-state index in [-0.39, 0.29) is 11.5 Å². The molecular weight excluding hydrogens is 319 g/mol. The number of amides is 1. The zero-order chi connectivity index (χ0) is 17.8. The molecular formula is C19H17FN4O. The van der Waals surface area contributed by atoms with Gasteiger partial charge < -0.3 is 10.6 Å². The van der Waals surface area contributed by atoms with Crippen LogP contribution in [0.3, 0.4) is 0 Å². The van der Waals surface area contributed by atoms with E-state index in [9.17, 15) is 9.18 Å². The van der Waals surface area contributed by atoms with Crippen LogP contribution in [-0.4, -0.2) is 15.9 Å². The Hall–Kier alpha value is -3.28. The van der Waals surface area contributed by atoms with Crippen LogP contribution in [0.2, 0.25) is 0 Å². The highest BCUT2D eigenvalue weighted by Crippen LogP contribution is 2.20. The van der Waals surface area contributed by atoms with Crippen LogP contribution in [0.15, 0.2) is 54.9 Å². The van der Waals surface area contributed by atoms with Gasteiger partial charge in [0.25, 0.3) is 5.91 Å². The molecule has 0 spiro atoms. The molecule has 2 N–H and O–H groups in total. The summed E-state index contributed by atoms with van der Waals surface area (Å²) in [7, 11) is 0. The van der Waals surface area contributed by atoms with E-state index in [0.29, 0.717) is 11.5 Å². The van der Waals surface area contributed by atoms with Crippen molar-refractivity contribution in [2.24, 2.45) is 0 Å². The summed E-state index contributed by atoms with van der Waals surface area (Å²) in [5.41, 5.74) is 3.88. The first kappa shape index (κ1) is 16.6. The Kier molecular flexibility index (Phi) is 4.70. The number of halogens is 1. The Bertz CT molecular complexity index is 892. The van der Waals surface area contributed by atoms with Crippen LogP contribution in [0.1, 0.15) is 21.6 Å². The lowest BCUT2D eigenvalue weighted by atomic mass is 10.1. The Morgan fingerprint density at radius 2 is 1.76 bits per heavy atom. The fourth-order valence-electron chi connectivity index (χ4n) is 2.33. The van der Waals surface area contributed by atoms with Crippen LogP contribution in [0.4, 0.5) is 21.6 Å². The van der Waals surface area contributed by atoms with E-state index in [4.69, 9.17) is 0 Å². The molecule has 0 bridgehead atoms. The summed E-state index contributed by atoms with van der Waals surface area (Å²) >= 11 is 0. The van der Waals surface area contributed by atoms with Crippen molar-refractivity contribution in [3.63, 3.8) is 0 Å². The van der Waals surface area contributed by atoms with Gasteiger partial charge in [0.1, 0.15) is 17.3 Å². The second-order valence-electron chi connectivity index (χ2n) is 5.69. The minimum absolute atomic E-state index is 0.176. The number of aryl methyl sites for hydroxylation is 2. The largest absolute Gasteiger partial charge is 0.339 e.